The van der Waals surface area contributed by atoms with Crippen LogP contribution in [0, 0.1) is 19.3 Å². The van der Waals surface area contributed by atoms with Crippen LogP contribution in [0.2, 0.25) is 0 Å². The van der Waals surface area contributed by atoms with E-state index in [0.29, 0.717) is 5.41 Å². The van der Waals surface area contributed by atoms with Gasteiger partial charge in [0.15, 0.2) is 0 Å². The molecule has 1 aromatic rings. The molecule has 0 aliphatic rings. The Bertz CT molecular complexity index is 379. The van der Waals surface area contributed by atoms with Crippen molar-refractivity contribution in [2.24, 2.45) is 5.41 Å². The van der Waals surface area contributed by atoms with Crippen LogP contribution in [-0.2, 0) is 6.42 Å². The molecule has 1 heteroatoms. The Hall–Kier alpha value is -0.820. The van der Waals surface area contributed by atoms with Gasteiger partial charge in [0.25, 0.3) is 0 Å². The molecule has 1 aromatic carbocycles. The van der Waals surface area contributed by atoms with Crippen molar-refractivity contribution in [1.82, 2.24) is 5.32 Å². The molecule has 0 atom stereocenters. The van der Waals surface area contributed by atoms with Gasteiger partial charge in [-0.2, -0.15) is 0 Å². The fourth-order valence-electron chi connectivity index (χ4n) is 2.40. The van der Waals surface area contributed by atoms with Crippen molar-refractivity contribution >= 4 is 0 Å². The summed E-state index contributed by atoms with van der Waals surface area (Å²) in [5.74, 6) is 0. The monoisotopic (exact) mass is 261 g/mol. The van der Waals surface area contributed by atoms with Crippen molar-refractivity contribution < 1.29 is 0 Å². The molecule has 0 saturated carbocycles. The molecule has 0 radical (unpaired) electrons. The standard InChI is InChI=1S/C18H31N/c1-6-12-19-13-11-18(4,5)10-9-17-14-15(2)7-8-16(17)3/h7-8,14,19H,6,9-13H2,1-5H3. The number of hydrogen-bond donors (Lipinski definition) is 1. The zero-order valence-corrected chi connectivity index (χ0v) is 13.5. The van der Waals surface area contributed by atoms with Crippen LogP contribution < -0.4 is 5.32 Å². The lowest BCUT2D eigenvalue weighted by atomic mass is 9.82. The first kappa shape index (κ1) is 16.2. The Morgan fingerprint density at radius 3 is 2.47 bits per heavy atom. The van der Waals surface area contributed by atoms with Crippen molar-refractivity contribution in [3.05, 3.63) is 34.9 Å². The van der Waals surface area contributed by atoms with E-state index in [1.54, 1.807) is 0 Å². The first-order valence-corrected chi connectivity index (χ1v) is 7.71. The third-order valence-corrected chi connectivity index (χ3v) is 3.98. The summed E-state index contributed by atoms with van der Waals surface area (Å²) in [5.41, 5.74) is 4.76. The molecule has 0 aliphatic carbocycles. The minimum Gasteiger partial charge on any atom is -0.317 e. The quantitative estimate of drug-likeness (QED) is 0.672. The zero-order valence-electron chi connectivity index (χ0n) is 13.5. The molecule has 0 aliphatic heterocycles. The van der Waals surface area contributed by atoms with Crippen molar-refractivity contribution in [2.45, 2.75) is 60.3 Å². The third kappa shape index (κ3) is 6.24. The van der Waals surface area contributed by atoms with Gasteiger partial charge in [-0.3, -0.25) is 0 Å². The van der Waals surface area contributed by atoms with Gasteiger partial charge in [0.05, 0.1) is 0 Å². The molecule has 19 heavy (non-hydrogen) atoms. The van der Waals surface area contributed by atoms with E-state index in [9.17, 15) is 0 Å². The predicted octanol–water partition coefficient (Wildman–Crippen LogP) is 4.65. The molecule has 0 unspecified atom stereocenters. The highest BCUT2D eigenvalue weighted by Crippen LogP contribution is 2.27. The maximum absolute atomic E-state index is 3.51. The van der Waals surface area contributed by atoms with Gasteiger partial charge in [0, 0.05) is 0 Å². The number of aryl methyl sites for hydroxylation is 3. The van der Waals surface area contributed by atoms with Gasteiger partial charge >= 0.3 is 0 Å². The van der Waals surface area contributed by atoms with Gasteiger partial charge in [-0.15, -0.1) is 0 Å². The highest BCUT2D eigenvalue weighted by Gasteiger charge is 2.17. The second-order valence-corrected chi connectivity index (χ2v) is 6.59. The molecule has 0 saturated heterocycles. The Morgan fingerprint density at radius 2 is 1.79 bits per heavy atom. The second-order valence-electron chi connectivity index (χ2n) is 6.59. The highest BCUT2D eigenvalue weighted by atomic mass is 14.8. The maximum atomic E-state index is 3.51. The molecular formula is C18H31N. The van der Waals surface area contributed by atoms with Crippen LogP contribution in [0.3, 0.4) is 0 Å². The largest absolute Gasteiger partial charge is 0.317 e. The SMILES string of the molecule is CCCNCCC(C)(C)CCc1cc(C)ccc1C. The van der Waals surface area contributed by atoms with Crippen molar-refractivity contribution in [3.63, 3.8) is 0 Å². The molecule has 1 N–H and O–H groups in total. The summed E-state index contributed by atoms with van der Waals surface area (Å²) in [4.78, 5) is 0. The van der Waals surface area contributed by atoms with Crippen LogP contribution in [0.4, 0.5) is 0 Å². The lowest BCUT2D eigenvalue weighted by Gasteiger charge is -2.25. The second kappa shape index (κ2) is 7.69. The molecule has 1 rings (SSSR count). The molecule has 0 spiro atoms. The number of hydrogen-bond acceptors (Lipinski definition) is 1. The van der Waals surface area contributed by atoms with Crippen molar-refractivity contribution in [3.8, 4) is 0 Å². The average molecular weight is 261 g/mol. The van der Waals surface area contributed by atoms with Crippen molar-refractivity contribution in [2.75, 3.05) is 13.1 Å². The first-order chi connectivity index (χ1) is 8.94. The summed E-state index contributed by atoms with van der Waals surface area (Å²) in [6.45, 7) is 13.7. The Labute approximate surface area is 119 Å². The summed E-state index contributed by atoms with van der Waals surface area (Å²) in [6, 6.07) is 6.81. The highest BCUT2D eigenvalue weighted by molar-refractivity contribution is 5.30. The van der Waals surface area contributed by atoms with Crippen LogP contribution in [0.1, 0.15) is 56.7 Å². The Morgan fingerprint density at radius 1 is 1.05 bits per heavy atom. The minimum absolute atomic E-state index is 0.428. The number of nitrogens with one attached hydrogen (secondary N) is 1. The van der Waals surface area contributed by atoms with E-state index in [1.807, 2.05) is 0 Å². The van der Waals surface area contributed by atoms with E-state index < -0.39 is 0 Å². The fraction of sp³-hybridized carbons (Fsp3) is 0.667. The summed E-state index contributed by atoms with van der Waals surface area (Å²) < 4.78 is 0. The lowest BCUT2D eigenvalue weighted by molar-refractivity contribution is 0.302. The summed E-state index contributed by atoms with van der Waals surface area (Å²) >= 11 is 0. The van der Waals surface area contributed by atoms with E-state index in [2.05, 4.69) is 58.1 Å². The number of rotatable bonds is 8. The van der Waals surface area contributed by atoms with Crippen molar-refractivity contribution in [1.29, 1.82) is 0 Å². The van der Waals surface area contributed by atoms with Gasteiger partial charge in [0.2, 0.25) is 0 Å². The Balaban J connectivity index is 2.43. The molecule has 0 bridgehead atoms. The van der Waals surface area contributed by atoms with E-state index in [1.165, 1.54) is 42.4 Å². The van der Waals surface area contributed by atoms with Crippen LogP contribution in [0.5, 0.6) is 0 Å². The number of benzene rings is 1. The van der Waals surface area contributed by atoms with Crippen LogP contribution >= 0.6 is 0 Å². The maximum Gasteiger partial charge on any atom is -0.00438 e. The average Bonchev–Trinajstić information content (AvgIpc) is 2.36. The third-order valence-electron chi connectivity index (χ3n) is 3.98. The summed E-state index contributed by atoms with van der Waals surface area (Å²) in [5, 5.41) is 3.51. The molecule has 0 amide bonds. The predicted molar refractivity (Wildman–Crippen MR) is 85.8 cm³/mol. The van der Waals surface area contributed by atoms with Crippen LogP contribution in [0.25, 0.3) is 0 Å². The van der Waals surface area contributed by atoms with Gasteiger partial charge in [-0.05, 0) is 69.2 Å². The molecule has 0 heterocycles. The normalized spacial score (nSPS) is 11.8. The minimum atomic E-state index is 0.428. The fourth-order valence-corrected chi connectivity index (χ4v) is 2.40. The molecular weight excluding hydrogens is 230 g/mol. The molecule has 1 nitrogen and oxygen atoms in total. The van der Waals surface area contributed by atoms with E-state index in [4.69, 9.17) is 0 Å². The first-order valence-electron chi connectivity index (χ1n) is 7.71. The molecule has 0 aromatic heterocycles. The molecule has 0 fully saturated rings. The molecule has 108 valence electrons. The lowest BCUT2D eigenvalue weighted by Crippen LogP contribution is -2.23. The summed E-state index contributed by atoms with van der Waals surface area (Å²) in [6.07, 6.45) is 4.96. The smallest absolute Gasteiger partial charge is 0.00438 e. The summed E-state index contributed by atoms with van der Waals surface area (Å²) in [7, 11) is 0. The Kier molecular flexibility index (Phi) is 6.57. The van der Waals surface area contributed by atoms with Gasteiger partial charge in [0.1, 0.15) is 0 Å². The zero-order chi connectivity index (χ0) is 14.3. The van der Waals surface area contributed by atoms with E-state index in [-0.39, 0.29) is 0 Å². The van der Waals surface area contributed by atoms with Gasteiger partial charge < -0.3 is 5.32 Å². The van der Waals surface area contributed by atoms with Crippen LogP contribution in [-0.4, -0.2) is 13.1 Å². The van der Waals surface area contributed by atoms with Gasteiger partial charge in [-0.1, -0.05) is 44.5 Å². The van der Waals surface area contributed by atoms with Crippen LogP contribution in [0.15, 0.2) is 18.2 Å². The van der Waals surface area contributed by atoms with E-state index in [0.717, 1.165) is 13.1 Å². The van der Waals surface area contributed by atoms with Gasteiger partial charge in [-0.25, -0.2) is 0 Å². The topological polar surface area (TPSA) is 12.0 Å². The van der Waals surface area contributed by atoms with E-state index >= 15 is 0 Å².